The van der Waals surface area contributed by atoms with Gasteiger partial charge in [0.25, 0.3) is 10.0 Å². The van der Waals surface area contributed by atoms with Crippen LogP contribution >= 0.6 is 11.6 Å². The Balaban J connectivity index is 1.73. The van der Waals surface area contributed by atoms with Crippen molar-refractivity contribution in [3.8, 4) is 5.75 Å². The Morgan fingerprint density at radius 1 is 1.00 bits per heavy atom. The van der Waals surface area contributed by atoms with Crippen LogP contribution in [0.3, 0.4) is 0 Å². The van der Waals surface area contributed by atoms with Crippen LogP contribution in [0.4, 0.5) is 17.2 Å². The van der Waals surface area contributed by atoms with Crippen LogP contribution in [0.15, 0.2) is 71.8 Å². The molecule has 0 amide bonds. The fraction of sp³-hybridized carbons (Fsp3) is 0.0556. The predicted octanol–water partition coefficient (Wildman–Crippen LogP) is 4.29. The number of nitrogens with one attached hydrogen (secondary N) is 2. The van der Waals surface area contributed by atoms with Crippen molar-refractivity contribution in [3.05, 3.63) is 71.9 Å². The van der Waals surface area contributed by atoms with Gasteiger partial charge in [-0.05, 0) is 42.5 Å². The third-order valence-electron chi connectivity index (χ3n) is 3.46. The van der Waals surface area contributed by atoms with Gasteiger partial charge < -0.3 is 10.1 Å². The van der Waals surface area contributed by atoms with Crippen LogP contribution < -0.4 is 14.8 Å². The number of nitrogens with zero attached hydrogens (tertiary/aromatic N) is 1. The molecule has 3 aromatic rings. The van der Waals surface area contributed by atoms with E-state index in [-0.39, 0.29) is 4.90 Å². The standard InChI is InChI=1S/C18H16ClN3O3S/c1-25-16-6-3-5-14(11-16)21-18-9-8-15(12-20-18)22-26(23,24)17-7-2-4-13(19)10-17/h2-12,22H,1H3,(H,20,21). The minimum absolute atomic E-state index is 0.0867. The number of methoxy groups -OCH3 is 1. The van der Waals surface area contributed by atoms with Crippen LogP contribution in [0, 0.1) is 0 Å². The average Bonchev–Trinajstić information content (AvgIpc) is 2.63. The third-order valence-corrected chi connectivity index (χ3v) is 5.08. The van der Waals surface area contributed by atoms with Crippen molar-refractivity contribution in [2.45, 2.75) is 4.90 Å². The van der Waals surface area contributed by atoms with Gasteiger partial charge in [-0.25, -0.2) is 13.4 Å². The van der Waals surface area contributed by atoms with Gasteiger partial charge in [-0.2, -0.15) is 0 Å². The Labute approximate surface area is 156 Å². The number of aromatic nitrogens is 1. The van der Waals surface area contributed by atoms with Crippen LogP contribution in [0.2, 0.25) is 5.02 Å². The smallest absolute Gasteiger partial charge is 0.261 e. The highest BCUT2D eigenvalue weighted by atomic mass is 35.5. The lowest BCUT2D eigenvalue weighted by atomic mass is 10.3. The Morgan fingerprint density at radius 3 is 2.50 bits per heavy atom. The summed E-state index contributed by atoms with van der Waals surface area (Å²) in [5.41, 5.74) is 1.16. The van der Waals surface area contributed by atoms with E-state index in [1.807, 2.05) is 24.3 Å². The van der Waals surface area contributed by atoms with Gasteiger partial charge in [0, 0.05) is 16.8 Å². The van der Waals surface area contributed by atoms with Crippen molar-refractivity contribution in [1.29, 1.82) is 0 Å². The summed E-state index contributed by atoms with van der Waals surface area (Å²) in [5.74, 6) is 1.30. The molecule has 0 bridgehead atoms. The first-order chi connectivity index (χ1) is 12.5. The molecular formula is C18H16ClN3O3S. The fourth-order valence-electron chi connectivity index (χ4n) is 2.23. The Hall–Kier alpha value is -2.77. The van der Waals surface area contributed by atoms with Crippen LogP contribution in [0.1, 0.15) is 0 Å². The van der Waals surface area contributed by atoms with Gasteiger partial charge in [0.15, 0.2) is 0 Å². The lowest BCUT2D eigenvalue weighted by Gasteiger charge is -2.10. The highest BCUT2D eigenvalue weighted by Gasteiger charge is 2.14. The lowest BCUT2D eigenvalue weighted by molar-refractivity contribution is 0.415. The maximum Gasteiger partial charge on any atom is 0.261 e. The van der Waals surface area contributed by atoms with Crippen molar-refractivity contribution in [2.24, 2.45) is 0 Å². The summed E-state index contributed by atoms with van der Waals surface area (Å²) in [4.78, 5) is 4.31. The van der Waals surface area contributed by atoms with Crippen LogP contribution in [0.5, 0.6) is 5.75 Å². The summed E-state index contributed by atoms with van der Waals surface area (Å²) in [6.07, 6.45) is 1.44. The van der Waals surface area contributed by atoms with E-state index < -0.39 is 10.0 Å². The van der Waals surface area contributed by atoms with Gasteiger partial charge in [0.1, 0.15) is 11.6 Å². The SMILES string of the molecule is COc1cccc(Nc2ccc(NS(=O)(=O)c3cccc(Cl)c3)cn2)c1. The fourth-order valence-corrected chi connectivity index (χ4v) is 3.57. The van der Waals surface area contributed by atoms with E-state index in [0.29, 0.717) is 16.5 Å². The number of halogens is 1. The Morgan fingerprint density at radius 2 is 1.81 bits per heavy atom. The number of anilines is 3. The molecule has 6 nitrogen and oxygen atoms in total. The zero-order chi connectivity index (χ0) is 18.6. The van der Waals surface area contributed by atoms with E-state index in [2.05, 4.69) is 15.0 Å². The van der Waals surface area contributed by atoms with E-state index in [9.17, 15) is 8.42 Å². The average molecular weight is 390 g/mol. The van der Waals surface area contributed by atoms with E-state index in [1.54, 1.807) is 31.4 Å². The van der Waals surface area contributed by atoms with Crippen molar-refractivity contribution in [2.75, 3.05) is 17.1 Å². The highest BCUT2D eigenvalue weighted by Crippen LogP contribution is 2.22. The minimum atomic E-state index is -3.73. The minimum Gasteiger partial charge on any atom is -0.497 e. The van der Waals surface area contributed by atoms with Crippen molar-refractivity contribution < 1.29 is 13.2 Å². The Bertz CT molecular complexity index is 1010. The van der Waals surface area contributed by atoms with Gasteiger partial charge in [-0.15, -0.1) is 0 Å². The Kier molecular flexibility index (Phi) is 5.29. The first kappa shape index (κ1) is 18.0. The summed E-state index contributed by atoms with van der Waals surface area (Å²) in [7, 11) is -2.13. The molecule has 0 aliphatic carbocycles. The second-order valence-electron chi connectivity index (χ2n) is 5.35. The second kappa shape index (κ2) is 7.63. The summed E-state index contributed by atoms with van der Waals surface area (Å²) < 4.78 is 32.4. The van der Waals surface area contributed by atoms with E-state index in [1.165, 1.54) is 18.3 Å². The van der Waals surface area contributed by atoms with Gasteiger partial charge in [0.2, 0.25) is 0 Å². The van der Waals surface area contributed by atoms with Crippen molar-refractivity contribution in [1.82, 2.24) is 4.98 Å². The zero-order valence-electron chi connectivity index (χ0n) is 13.8. The normalized spacial score (nSPS) is 11.0. The zero-order valence-corrected chi connectivity index (χ0v) is 15.4. The number of ether oxygens (including phenoxy) is 1. The molecule has 134 valence electrons. The molecule has 0 saturated carbocycles. The van der Waals surface area contributed by atoms with Crippen molar-refractivity contribution >= 4 is 38.8 Å². The maximum absolute atomic E-state index is 12.4. The predicted molar refractivity (Wildman–Crippen MR) is 103 cm³/mol. The van der Waals surface area contributed by atoms with Crippen LogP contribution in [0.25, 0.3) is 0 Å². The molecule has 1 heterocycles. The number of hydrogen-bond donors (Lipinski definition) is 2. The highest BCUT2D eigenvalue weighted by molar-refractivity contribution is 7.92. The number of sulfonamides is 1. The molecule has 2 N–H and O–H groups in total. The molecule has 1 aromatic heterocycles. The first-order valence-corrected chi connectivity index (χ1v) is 9.48. The lowest BCUT2D eigenvalue weighted by Crippen LogP contribution is -2.13. The quantitative estimate of drug-likeness (QED) is 0.657. The monoisotopic (exact) mass is 389 g/mol. The third kappa shape index (κ3) is 4.44. The van der Waals surface area contributed by atoms with Gasteiger partial charge in [0.05, 0.1) is 23.9 Å². The van der Waals surface area contributed by atoms with Crippen LogP contribution in [-0.4, -0.2) is 20.5 Å². The summed E-state index contributed by atoms with van der Waals surface area (Å²) in [5, 5.41) is 3.47. The van der Waals surface area contributed by atoms with E-state index in [0.717, 1.165) is 11.4 Å². The summed E-state index contributed by atoms with van der Waals surface area (Å²) in [6.45, 7) is 0. The largest absolute Gasteiger partial charge is 0.497 e. The molecule has 0 aliphatic heterocycles. The van der Waals surface area contributed by atoms with Gasteiger partial charge >= 0.3 is 0 Å². The molecule has 3 rings (SSSR count). The second-order valence-corrected chi connectivity index (χ2v) is 7.47. The molecule has 0 fully saturated rings. The van der Waals surface area contributed by atoms with E-state index >= 15 is 0 Å². The van der Waals surface area contributed by atoms with Gasteiger partial charge in [-0.1, -0.05) is 23.7 Å². The number of hydrogen-bond acceptors (Lipinski definition) is 5. The first-order valence-electron chi connectivity index (χ1n) is 7.62. The topological polar surface area (TPSA) is 80.3 Å². The van der Waals surface area contributed by atoms with Crippen LogP contribution in [-0.2, 0) is 10.0 Å². The summed E-state index contributed by atoms with van der Waals surface area (Å²) in [6, 6.07) is 16.7. The van der Waals surface area contributed by atoms with Gasteiger partial charge in [-0.3, -0.25) is 4.72 Å². The summed E-state index contributed by atoms with van der Waals surface area (Å²) >= 11 is 5.85. The molecule has 0 spiro atoms. The molecule has 26 heavy (non-hydrogen) atoms. The van der Waals surface area contributed by atoms with E-state index in [4.69, 9.17) is 16.3 Å². The molecular weight excluding hydrogens is 374 g/mol. The molecule has 0 saturated heterocycles. The molecule has 2 aromatic carbocycles. The molecule has 0 atom stereocenters. The molecule has 0 unspecified atom stereocenters. The van der Waals surface area contributed by atoms with Crippen molar-refractivity contribution in [3.63, 3.8) is 0 Å². The molecule has 8 heteroatoms. The number of rotatable bonds is 6. The maximum atomic E-state index is 12.4. The molecule has 0 aliphatic rings. The molecule has 0 radical (unpaired) electrons. The number of benzene rings is 2. The number of pyridine rings is 1.